The normalized spacial score (nSPS) is 26.0. The molecule has 2 aliphatic rings. The number of benzene rings is 1. The Balaban J connectivity index is 1.96. The van der Waals surface area contributed by atoms with Gasteiger partial charge >= 0.3 is 0 Å². The number of hydrogen-bond acceptors (Lipinski definition) is 4. The smallest absolute Gasteiger partial charge is 0.243 e. The van der Waals surface area contributed by atoms with Crippen LogP contribution >= 0.6 is 0 Å². The monoisotopic (exact) mass is 309 g/mol. The molecular formula is C15H23N3O2S. The third-order valence-corrected chi connectivity index (χ3v) is 7.06. The molecule has 1 heterocycles. The van der Waals surface area contributed by atoms with Crippen LogP contribution in [0.25, 0.3) is 0 Å². The van der Waals surface area contributed by atoms with Crippen molar-refractivity contribution in [3.05, 3.63) is 23.3 Å². The van der Waals surface area contributed by atoms with Gasteiger partial charge in [0.05, 0.1) is 4.90 Å². The molecule has 21 heavy (non-hydrogen) atoms. The van der Waals surface area contributed by atoms with E-state index in [4.69, 9.17) is 5.84 Å². The molecule has 1 aliphatic heterocycles. The van der Waals surface area contributed by atoms with E-state index in [0.717, 1.165) is 16.8 Å². The molecule has 2 atom stereocenters. The van der Waals surface area contributed by atoms with Gasteiger partial charge in [-0.2, -0.15) is 4.31 Å². The quantitative estimate of drug-likeness (QED) is 0.661. The van der Waals surface area contributed by atoms with Gasteiger partial charge in [0.1, 0.15) is 0 Å². The van der Waals surface area contributed by atoms with Crippen LogP contribution in [0, 0.1) is 25.7 Å². The summed E-state index contributed by atoms with van der Waals surface area (Å²) in [4.78, 5) is 0.446. The van der Waals surface area contributed by atoms with E-state index in [2.05, 4.69) is 5.43 Å². The van der Waals surface area contributed by atoms with E-state index in [1.54, 1.807) is 16.4 Å². The minimum Gasteiger partial charge on any atom is -0.324 e. The highest BCUT2D eigenvalue weighted by Gasteiger charge is 2.42. The topological polar surface area (TPSA) is 75.4 Å². The van der Waals surface area contributed by atoms with Crippen molar-refractivity contribution in [2.24, 2.45) is 17.7 Å². The Morgan fingerprint density at radius 3 is 2.14 bits per heavy atom. The molecule has 0 radical (unpaired) electrons. The lowest BCUT2D eigenvalue weighted by Crippen LogP contribution is -2.30. The number of nitrogens with one attached hydrogen (secondary N) is 1. The Hall–Kier alpha value is -1.11. The summed E-state index contributed by atoms with van der Waals surface area (Å²) in [6.45, 7) is 5.03. The maximum atomic E-state index is 13.0. The summed E-state index contributed by atoms with van der Waals surface area (Å²) < 4.78 is 27.6. The minimum atomic E-state index is -3.40. The summed E-state index contributed by atoms with van der Waals surface area (Å²) in [5.41, 5.74) is 4.82. The van der Waals surface area contributed by atoms with Crippen molar-refractivity contribution < 1.29 is 8.42 Å². The molecule has 0 bridgehead atoms. The highest BCUT2D eigenvalue weighted by Crippen LogP contribution is 2.40. The predicted molar refractivity (Wildman–Crippen MR) is 83.3 cm³/mol. The Morgan fingerprint density at radius 2 is 1.67 bits per heavy atom. The molecule has 2 fully saturated rings. The van der Waals surface area contributed by atoms with Gasteiger partial charge in [-0.3, -0.25) is 5.84 Å². The van der Waals surface area contributed by atoms with Crippen LogP contribution in [0.2, 0.25) is 0 Å². The zero-order valence-electron chi connectivity index (χ0n) is 12.6. The van der Waals surface area contributed by atoms with Crippen LogP contribution in [-0.4, -0.2) is 25.8 Å². The van der Waals surface area contributed by atoms with Gasteiger partial charge in [0, 0.05) is 18.8 Å². The average Bonchev–Trinajstić information content (AvgIpc) is 2.98. The van der Waals surface area contributed by atoms with Crippen molar-refractivity contribution in [2.75, 3.05) is 18.5 Å². The van der Waals surface area contributed by atoms with E-state index < -0.39 is 10.0 Å². The van der Waals surface area contributed by atoms with E-state index >= 15 is 0 Å². The summed E-state index contributed by atoms with van der Waals surface area (Å²) in [6, 6.07) is 3.58. The van der Waals surface area contributed by atoms with Gasteiger partial charge in [-0.1, -0.05) is 6.42 Å². The molecule has 6 heteroatoms. The first-order valence-electron chi connectivity index (χ1n) is 7.51. The molecule has 2 unspecified atom stereocenters. The van der Waals surface area contributed by atoms with Gasteiger partial charge in [-0.25, -0.2) is 8.42 Å². The zero-order valence-corrected chi connectivity index (χ0v) is 13.4. The molecule has 1 aliphatic carbocycles. The summed E-state index contributed by atoms with van der Waals surface area (Å²) in [5, 5.41) is 0. The number of hydrogen-bond donors (Lipinski definition) is 2. The fourth-order valence-electron chi connectivity index (χ4n) is 3.96. The molecule has 5 nitrogen and oxygen atoms in total. The number of rotatable bonds is 3. The van der Waals surface area contributed by atoms with E-state index in [-0.39, 0.29) is 0 Å². The van der Waals surface area contributed by atoms with Crippen molar-refractivity contribution in [3.63, 3.8) is 0 Å². The van der Waals surface area contributed by atoms with Gasteiger partial charge in [0.2, 0.25) is 10.0 Å². The first kappa shape index (κ1) is 14.8. The lowest BCUT2D eigenvalue weighted by atomic mass is 10.0. The second-order valence-corrected chi connectivity index (χ2v) is 8.23. The third kappa shape index (κ3) is 2.45. The van der Waals surface area contributed by atoms with Crippen LogP contribution in [0.4, 0.5) is 5.69 Å². The lowest BCUT2D eigenvalue weighted by molar-refractivity contribution is 0.445. The maximum Gasteiger partial charge on any atom is 0.243 e. The highest BCUT2D eigenvalue weighted by molar-refractivity contribution is 7.89. The molecule has 1 aromatic rings. The largest absolute Gasteiger partial charge is 0.324 e. The minimum absolute atomic E-state index is 0.446. The lowest BCUT2D eigenvalue weighted by Gasteiger charge is -2.21. The van der Waals surface area contributed by atoms with Gasteiger partial charge in [-0.05, 0) is 61.8 Å². The van der Waals surface area contributed by atoms with Crippen LogP contribution in [0.5, 0.6) is 0 Å². The van der Waals surface area contributed by atoms with Crippen LogP contribution in [0.1, 0.15) is 30.4 Å². The molecule has 1 saturated carbocycles. The molecule has 1 aromatic carbocycles. The number of nitrogens with two attached hydrogens (primary N) is 1. The fourth-order valence-corrected chi connectivity index (χ4v) is 5.92. The van der Waals surface area contributed by atoms with Crippen LogP contribution in [0.3, 0.4) is 0 Å². The van der Waals surface area contributed by atoms with E-state index in [1.165, 1.54) is 19.3 Å². The molecule has 116 valence electrons. The Labute approximate surface area is 126 Å². The molecule has 0 amide bonds. The molecule has 3 rings (SSSR count). The number of hydrazine groups is 1. The van der Waals surface area contributed by atoms with Gasteiger partial charge in [0.15, 0.2) is 0 Å². The standard InChI is InChI=1S/C15H23N3O2S/c1-10-6-14(17-16)7-11(2)15(10)21(19,20)18-8-12-4-3-5-13(12)9-18/h6-7,12-13,17H,3-5,8-9,16H2,1-2H3. The van der Waals surface area contributed by atoms with E-state index in [9.17, 15) is 8.42 Å². The first-order chi connectivity index (χ1) is 9.93. The Kier molecular flexibility index (Phi) is 3.71. The zero-order chi connectivity index (χ0) is 15.2. The average molecular weight is 309 g/mol. The number of aryl methyl sites for hydroxylation is 2. The summed E-state index contributed by atoms with van der Waals surface area (Å²) in [5.74, 6) is 6.54. The second-order valence-electron chi connectivity index (χ2n) is 6.36. The number of anilines is 1. The first-order valence-corrected chi connectivity index (χ1v) is 8.95. The third-order valence-electron chi connectivity index (χ3n) is 4.92. The van der Waals surface area contributed by atoms with Crippen molar-refractivity contribution in [1.29, 1.82) is 0 Å². The predicted octanol–water partition coefficient (Wildman–Crippen LogP) is 2.01. The van der Waals surface area contributed by atoms with Crippen molar-refractivity contribution >= 4 is 15.7 Å². The maximum absolute atomic E-state index is 13.0. The van der Waals surface area contributed by atoms with Crippen molar-refractivity contribution in [1.82, 2.24) is 4.31 Å². The summed E-state index contributed by atoms with van der Waals surface area (Å²) in [6.07, 6.45) is 3.59. The van der Waals surface area contributed by atoms with Crippen LogP contribution in [0.15, 0.2) is 17.0 Å². The van der Waals surface area contributed by atoms with Crippen LogP contribution < -0.4 is 11.3 Å². The number of sulfonamides is 1. The molecule has 0 aromatic heterocycles. The summed E-state index contributed by atoms with van der Waals surface area (Å²) in [7, 11) is -3.40. The second kappa shape index (κ2) is 5.26. The molecule has 1 saturated heterocycles. The fraction of sp³-hybridized carbons (Fsp3) is 0.600. The molecule has 3 N–H and O–H groups in total. The van der Waals surface area contributed by atoms with E-state index in [1.807, 2.05) is 13.8 Å². The highest BCUT2D eigenvalue weighted by atomic mass is 32.2. The summed E-state index contributed by atoms with van der Waals surface area (Å²) >= 11 is 0. The van der Waals surface area contributed by atoms with Gasteiger partial charge < -0.3 is 5.43 Å². The van der Waals surface area contributed by atoms with Crippen molar-refractivity contribution in [2.45, 2.75) is 38.0 Å². The van der Waals surface area contributed by atoms with Gasteiger partial charge in [0.25, 0.3) is 0 Å². The number of nitrogens with zero attached hydrogens (tertiary/aromatic N) is 1. The van der Waals surface area contributed by atoms with Crippen LogP contribution in [-0.2, 0) is 10.0 Å². The SMILES string of the molecule is Cc1cc(NN)cc(C)c1S(=O)(=O)N1CC2CCCC2C1. The van der Waals surface area contributed by atoms with Crippen molar-refractivity contribution in [3.8, 4) is 0 Å². The molecule has 0 spiro atoms. The Morgan fingerprint density at radius 1 is 1.14 bits per heavy atom. The number of fused-ring (bicyclic) bond motifs is 1. The molecular weight excluding hydrogens is 286 g/mol. The number of nitrogen functional groups attached to an aromatic ring is 1. The Bertz CT molecular complexity index is 622. The van der Waals surface area contributed by atoms with Gasteiger partial charge in [-0.15, -0.1) is 0 Å². The van der Waals surface area contributed by atoms with E-state index in [0.29, 0.717) is 29.8 Å².